The Kier molecular flexibility index (Phi) is 4.41. The summed E-state index contributed by atoms with van der Waals surface area (Å²) in [5.74, 6) is 0.574. The lowest BCUT2D eigenvalue weighted by Crippen LogP contribution is -2.05. The summed E-state index contributed by atoms with van der Waals surface area (Å²) in [7, 11) is 0. The van der Waals surface area contributed by atoms with Crippen molar-refractivity contribution in [3.05, 3.63) is 76.7 Å². The van der Waals surface area contributed by atoms with Gasteiger partial charge in [0.2, 0.25) is 5.88 Å². The molecule has 2 heterocycles. The quantitative estimate of drug-likeness (QED) is 0.769. The predicted octanol–water partition coefficient (Wildman–Crippen LogP) is 3.98. The lowest BCUT2D eigenvalue weighted by atomic mass is 9.94. The summed E-state index contributed by atoms with van der Waals surface area (Å²) in [4.78, 5) is 8.81. The van der Waals surface area contributed by atoms with Crippen LogP contribution < -0.4 is 4.74 Å². The van der Waals surface area contributed by atoms with Gasteiger partial charge in [-0.2, -0.15) is 5.26 Å². The van der Waals surface area contributed by atoms with E-state index in [9.17, 15) is 10.4 Å². The van der Waals surface area contributed by atoms with Crippen LogP contribution in [0.2, 0.25) is 0 Å². The molecule has 1 atom stereocenters. The maximum atomic E-state index is 11.0. The van der Waals surface area contributed by atoms with Gasteiger partial charge in [-0.3, -0.25) is 4.98 Å². The van der Waals surface area contributed by atoms with Crippen molar-refractivity contribution >= 4 is 12.2 Å². The molecule has 132 valence electrons. The number of hydrogen-bond acceptors (Lipinski definition) is 5. The Bertz CT molecular complexity index is 1070. The molecule has 0 fully saturated rings. The van der Waals surface area contributed by atoms with E-state index in [1.54, 1.807) is 24.5 Å². The topological polar surface area (TPSA) is 79.0 Å². The molecule has 1 aromatic carbocycles. The van der Waals surface area contributed by atoms with Crippen LogP contribution in [0.5, 0.6) is 5.88 Å². The fourth-order valence-electron chi connectivity index (χ4n) is 3.23. The first-order chi connectivity index (χ1) is 13.2. The van der Waals surface area contributed by atoms with Crippen LogP contribution in [0.1, 0.15) is 41.0 Å². The number of fused-ring (bicyclic) bond motifs is 2. The van der Waals surface area contributed by atoms with Crippen molar-refractivity contribution in [3.63, 3.8) is 0 Å². The first-order valence-corrected chi connectivity index (χ1v) is 8.69. The Morgan fingerprint density at radius 2 is 1.93 bits per heavy atom. The number of aromatic nitrogens is 2. The molecule has 2 aromatic heterocycles. The monoisotopic (exact) mass is 355 g/mol. The van der Waals surface area contributed by atoms with Crippen LogP contribution in [-0.2, 0) is 0 Å². The second-order valence-electron chi connectivity index (χ2n) is 6.17. The molecule has 5 heteroatoms. The van der Waals surface area contributed by atoms with E-state index < -0.39 is 6.10 Å². The van der Waals surface area contributed by atoms with Gasteiger partial charge in [0.05, 0.1) is 23.9 Å². The van der Waals surface area contributed by atoms with E-state index in [1.807, 2.05) is 43.3 Å². The third-order valence-electron chi connectivity index (χ3n) is 4.57. The number of hydrogen-bond donors (Lipinski definition) is 1. The number of pyridine rings is 2. The zero-order valence-electron chi connectivity index (χ0n) is 14.8. The van der Waals surface area contributed by atoms with Crippen molar-refractivity contribution in [2.45, 2.75) is 13.0 Å². The third-order valence-corrected chi connectivity index (χ3v) is 4.57. The molecule has 1 unspecified atom stereocenters. The maximum absolute atomic E-state index is 11.0. The van der Waals surface area contributed by atoms with E-state index in [0.717, 1.165) is 16.7 Å². The van der Waals surface area contributed by atoms with Gasteiger partial charge in [0.15, 0.2) is 0 Å². The van der Waals surface area contributed by atoms with Crippen LogP contribution in [-0.4, -0.2) is 21.7 Å². The van der Waals surface area contributed by atoms with Crippen LogP contribution in [0.4, 0.5) is 0 Å². The zero-order valence-corrected chi connectivity index (χ0v) is 14.8. The lowest BCUT2D eigenvalue weighted by molar-refractivity contribution is 0.219. The molecular weight excluding hydrogens is 338 g/mol. The highest BCUT2D eigenvalue weighted by atomic mass is 16.5. The molecule has 0 amide bonds. The zero-order chi connectivity index (χ0) is 18.8. The molecule has 0 saturated carbocycles. The second-order valence-corrected chi connectivity index (χ2v) is 6.17. The number of aliphatic hydroxyl groups is 1. The SMILES string of the molecule is CCOc1ccc(-c2cnc3c(c2)C(O)c2cccc(C#N)c2C=C3)cn1. The summed E-state index contributed by atoms with van der Waals surface area (Å²) < 4.78 is 5.38. The predicted molar refractivity (Wildman–Crippen MR) is 103 cm³/mol. The Hall–Kier alpha value is -3.49. The van der Waals surface area contributed by atoms with Gasteiger partial charge in [0, 0.05) is 35.2 Å². The van der Waals surface area contributed by atoms with Crippen LogP contribution >= 0.6 is 0 Å². The van der Waals surface area contributed by atoms with E-state index in [-0.39, 0.29) is 0 Å². The second kappa shape index (κ2) is 7.02. The maximum Gasteiger partial charge on any atom is 0.213 e. The highest BCUT2D eigenvalue weighted by Crippen LogP contribution is 2.35. The average Bonchev–Trinajstić information content (AvgIpc) is 2.85. The summed E-state index contributed by atoms with van der Waals surface area (Å²) in [5, 5.41) is 20.3. The van der Waals surface area contributed by atoms with Crippen LogP contribution in [0.15, 0.2) is 48.8 Å². The van der Waals surface area contributed by atoms with Crippen LogP contribution in [0, 0.1) is 11.3 Å². The van der Waals surface area contributed by atoms with Crippen LogP contribution in [0.3, 0.4) is 0 Å². The molecule has 0 aliphatic heterocycles. The first kappa shape index (κ1) is 17.0. The molecular formula is C22H17N3O2. The molecule has 0 spiro atoms. The minimum absolute atomic E-state index is 0.534. The first-order valence-electron chi connectivity index (χ1n) is 8.69. The number of nitrogens with zero attached hydrogens (tertiary/aromatic N) is 3. The molecule has 5 nitrogen and oxygen atoms in total. The summed E-state index contributed by atoms with van der Waals surface area (Å²) >= 11 is 0. The Morgan fingerprint density at radius 3 is 2.67 bits per heavy atom. The normalized spacial score (nSPS) is 14.6. The Balaban J connectivity index is 1.77. The Morgan fingerprint density at radius 1 is 1.07 bits per heavy atom. The molecule has 27 heavy (non-hydrogen) atoms. The average molecular weight is 355 g/mol. The van der Waals surface area contributed by atoms with Crippen molar-refractivity contribution in [2.75, 3.05) is 6.61 Å². The molecule has 0 radical (unpaired) electrons. The highest BCUT2D eigenvalue weighted by molar-refractivity contribution is 5.78. The van der Waals surface area contributed by atoms with Gasteiger partial charge in [-0.25, -0.2) is 4.98 Å². The molecule has 0 saturated heterocycles. The van der Waals surface area contributed by atoms with Crippen molar-refractivity contribution in [3.8, 4) is 23.1 Å². The highest BCUT2D eigenvalue weighted by Gasteiger charge is 2.22. The van der Waals surface area contributed by atoms with Crippen molar-refractivity contribution in [1.29, 1.82) is 5.26 Å². The molecule has 0 bridgehead atoms. The summed E-state index contributed by atoms with van der Waals surface area (Å²) in [6.45, 7) is 2.48. The van der Waals surface area contributed by atoms with Crippen molar-refractivity contribution in [1.82, 2.24) is 9.97 Å². The van der Waals surface area contributed by atoms with Gasteiger partial charge in [-0.1, -0.05) is 18.2 Å². The minimum atomic E-state index is -0.860. The molecule has 1 aliphatic carbocycles. The van der Waals surface area contributed by atoms with Crippen molar-refractivity contribution < 1.29 is 9.84 Å². The number of nitriles is 1. The summed E-state index contributed by atoms with van der Waals surface area (Å²) in [6.07, 6.45) is 6.31. The Labute approximate surface area is 157 Å². The van der Waals surface area contributed by atoms with E-state index in [1.165, 1.54) is 0 Å². The molecule has 1 aliphatic rings. The summed E-state index contributed by atoms with van der Waals surface area (Å²) in [6, 6.07) is 13.2. The smallest absolute Gasteiger partial charge is 0.213 e. The van der Waals surface area contributed by atoms with Gasteiger partial charge >= 0.3 is 0 Å². The number of benzene rings is 1. The third kappa shape index (κ3) is 3.07. The minimum Gasteiger partial charge on any atom is -0.478 e. The summed E-state index contributed by atoms with van der Waals surface area (Å²) in [5.41, 5.74) is 5.10. The van der Waals surface area contributed by atoms with Gasteiger partial charge in [0.25, 0.3) is 0 Å². The molecule has 4 rings (SSSR count). The van der Waals surface area contributed by atoms with E-state index in [2.05, 4.69) is 16.0 Å². The number of ether oxygens (including phenoxy) is 1. The lowest BCUT2D eigenvalue weighted by Gasteiger charge is -2.15. The van der Waals surface area contributed by atoms with Gasteiger partial charge < -0.3 is 9.84 Å². The van der Waals surface area contributed by atoms with Gasteiger partial charge in [-0.05, 0) is 42.3 Å². The standard InChI is InChI=1S/C22H17N3O2/c1-2-27-21-9-6-15(12-25-21)16-10-19-20(24-13-16)8-7-17-14(11-23)4-3-5-18(17)22(19)26/h3-10,12-13,22,26H,2H2,1H3. The fourth-order valence-corrected chi connectivity index (χ4v) is 3.23. The van der Waals surface area contributed by atoms with Crippen molar-refractivity contribution in [2.24, 2.45) is 0 Å². The van der Waals surface area contributed by atoms with E-state index in [0.29, 0.717) is 34.9 Å². The molecule has 3 aromatic rings. The number of rotatable bonds is 3. The molecule has 1 N–H and O–H groups in total. The van der Waals surface area contributed by atoms with Crippen LogP contribution in [0.25, 0.3) is 23.3 Å². The van der Waals surface area contributed by atoms with E-state index in [4.69, 9.17) is 4.74 Å². The largest absolute Gasteiger partial charge is 0.478 e. The van der Waals surface area contributed by atoms with Gasteiger partial charge in [-0.15, -0.1) is 0 Å². The fraction of sp³-hybridized carbons (Fsp3) is 0.136. The number of aliphatic hydroxyl groups excluding tert-OH is 1. The van der Waals surface area contributed by atoms with Gasteiger partial charge in [0.1, 0.15) is 6.10 Å². The van der Waals surface area contributed by atoms with E-state index >= 15 is 0 Å².